The Morgan fingerprint density at radius 3 is 2.08 bits per heavy atom. The van der Waals surface area contributed by atoms with Crippen LogP contribution in [0.25, 0.3) is 0 Å². The van der Waals surface area contributed by atoms with Gasteiger partial charge in [0.1, 0.15) is 12.6 Å². The number of rotatable bonds is 11. The summed E-state index contributed by atoms with van der Waals surface area (Å²) in [4.78, 5) is 29.1. The number of nitrogens with zero attached hydrogens (tertiary/aromatic N) is 2. The SMILES string of the molecule is CC[C@@H](C(=O)NC1CCCC1)N(Cc1ccccc1)C(=O)CN(c1ccc(C)cc1)S(=O)(=O)c1ccccc1. The van der Waals surface area contributed by atoms with Crippen molar-refractivity contribution in [3.05, 3.63) is 96.1 Å². The Bertz CT molecular complexity index is 1340. The minimum Gasteiger partial charge on any atom is -0.352 e. The fourth-order valence-corrected chi connectivity index (χ4v) is 6.46. The lowest BCUT2D eigenvalue weighted by Crippen LogP contribution is -2.53. The molecular formula is C31H37N3O4S. The van der Waals surface area contributed by atoms with Crippen molar-refractivity contribution in [3.63, 3.8) is 0 Å². The van der Waals surface area contributed by atoms with E-state index in [2.05, 4.69) is 5.32 Å². The maximum Gasteiger partial charge on any atom is 0.264 e. The number of carbonyl (C=O) groups excluding carboxylic acids is 2. The van der Waals surface area contributed by atoms with Crippen molar-refractivity contribution in [2.75, 3.05) is 10.8 Å². The molecule has 8 heteroatoms. The summed E-state index contributed by atoms with van der Waals surface area (Å²) in [5, 5.41) is 3.13. The number of benzene rings is 3. The number of anilines is 1. The average Bonchev–Trinajstić information content (AvgIpc) is 3.46. The summed E-state index contributed by atoms with van der Waals surface area (Å²) >= 11 is 0. The summed E-state index contributed by atoms with van der Waals surface area (Å²) in [7, 11) is -4.05. The van der Waals surface area contributed by atoms with E-state index in [0.717, 1.165) is 41.1 Å². The zero-order chi connectivity index (χ0) is 27.8. The molecule has 206 valence electrons. The summed E-state index contributed by atoms with van der Waals surface area (Å²) in [6, 6.07) is 24.0. The molecule has 0 saturated heterocycles. The number of carbonyl (C=O) groups is 2. The first-order valence-electron chi connectivity index (χ1n) is 13.6. The highest BCUT2D eigenvalue weighted by Gasteiger charge is 2.34. The highest BCUT2D eigenvalue weighted by atomic mass is 32.2. The van der Waals surface area contributed by atoms with Crippen LogP contribution in [0, 0.1) is 6.92 Å². The number of nitrogens with one attached hydrogen (secondary N) is 1. The minimum absolute atomic E-state index is 0.0963. The van der Waals surface area contributed by atoms with Gasteiger partial charge in [0.15, 0.2) is 0 Å². The minimum atomic E-state index is -4.05. The van der Waals surface area contributed by atoms with Gasteiger partial charge in [-0.05, 0) is 56.0 Å². The molecule has 0 bridgehead atoms. The van der Waals surface area contributed by atoms with E-state index in [9.17, 15) is 18.0 Å². The van der Waals surface area contributed by atoms with Crippen molar-refractivity contribution in [1.29, 1.82) is 0 Å². The molecule has 1 saturated carbocycles. The van der Waals surface area contributed by atoms with E-state index in [0.29, 0.717) is 12.1 Å². The van der Waals surface area contributed by atoms with Crippen LogP contribution in [-0.4, -0.2) is 43.8 Å². The average molecular weight is 548 g/mol. The van der Waals surface area contributed by atoms with Gasteiger partial charge in [-0.15, -0.1) is 0 Å². The van der Waals surface area contributed by atoms with Gasteiger partial charge in [0.05, 0.1) is 10.6 Å². The lowest BCUT2D eigenvalue weighted by atomic mass is 10.1. The predicted octanol–water partition coefficient (Wildman–Crippen LogP) is 5.06. The first-order valence-corrected chi connectivity index (χ1v) is 15.0. The van der Waals surface area contributed by atoms with E-state index in [1.165, 1.54) is 17.0 Å². The van der Waals surface area contributed by atoms with Crippen molar-refractivity contribution >= 4 is 27.5 Å². The number of hydrogen-bond acceptors (Lipinski definition) is 4. The Kier molecular flexibility index (Phi) is 9.41. The number of amides is 2. The number of aryl methyl sites for hydroxylation is 1. The van der Waals surface area contributed by atoms with Gasteiger partial charge in [-0.1, -0.05) is 86.0 Å². The second-order valence-electron chi connectivity index (χ2n) is 10.1. The fourth-order valence-electron chi connectivity index (χ4n) is 5.03. The van der Waals surface area contributed by atoms with Gasteiger partial charge in [0.25, 0.3) is 10.0 Å². The van der Waals surface area contributed by atoms with Crippen molar-refractivity contribution in [1.82, 2.24) is 10.2 Å². The largest absolute Gasteiger partial charge is 0.352 e. The highest BCUT2D eigenvalue weighted by molar-refractivity contribution is 7.92. The zero-order valence-corrected chi connectivity index (χ0v) is 23.4. The third kappa shape index (κ3) is 7.06. The Hall–Kier alpha value is -3.65. The standard InChI is InChI=1S/C31H37N3O4S/c1-3-29(31(36)32-26-14-10-11-15-26)33(22-25-12-6-4-7-13-25)30(35)23-34(27-20-18-24(2)19-21-27)39(37,38)28-16-8-5-9-17-28/h4-9,12-13,16-21,26,29H,3,10-11,14-15,22-23H2,1-2H3,(H,32,36)/t29-/m0/s1. The van der Waals surface area contributed by atoms with Crippen LogP contribution in [0.4, 0.5) is 5.69 Å². The molecule has 0 spiro atoms. The Labute approximate surface area is 231 Å². The molecule has 1 aliphatic rings. The van der Waals surface area contributed by atoms with Crippen molar-refractivity contribution in [2.24, 2.45) is 0 Å². The molecule has 1 N–H and O–H groups in total. The summed E-state index contributed by atoms with van der Waals surface area (Å²) in [6.07, 6.45) is 4.44. The third-order valence-corrected chi connectivity index (χ3v) is 9.00. The third-order valence-electron chi connectivity index (χ3n) is 7.22. The maximum absolute atomic E-state index is 14.1. The smallest absolute Gasteiger partial charge is 0.264 e. The second-order valence-corrected chi connectivity index (χ2v) is 11.9. The summed E-state index contributed by atoms with van der Waals surface area (Å²) < 4.78 is 28.8. The molecule has 0 unspecified atom stereocenters. The van der Waals surface area contributed by atoms with Crippen molar-refractivity contribution < 1.29 is 18.0 Å². The van der Waals surface area contributed by atoms with Gasteiger partial charge < -0.3 is 10.2 Å². The molecule has 3 aromatic rings. The molecule has 1 fully saturated rings. The summed E-state index contributed by atoms with van der Waals surface area (Å²) in [5.41, 5.74) is 2.23. The lowest BCUT2D eigenvalue weighted by molar-refractivity contribution is -0.140. The Morgan fingerprint density at radius 1 is 0.897 bits per heavy atom. The fraction of sp³-hybridized carbons (Fsp3) is 0.355. The van der Waals surface area contributed by atoms with Crippen LogP contribution >= 0.6 is 0 Å². The first kappa shape index (κ1) is 28.4. The molecule has 0 heterocycles. The zero-order valence-electron chi connectivity index (χ0n) is 22.6. The van der Waals surface area contributed by atoms with Gasteiger partial charge in [0.2, 0.25) is 11.8 Å². The van der Waals surface area contributed by atoms with Crippen LogP contribution in [0.2, 0.25) is 0 Å². The molecule has 4 rings (SSSR count). The van der Waals surface area contributed by atoms with Gasteiger partial charge in [0, 0.05) is 12.6 Å². The first-order chi connectivity index (χ1) is 18.8. The maximum atomic E-state index is 14.1. The molecule has 0 radical (unpaired) electrons. The van der Waals surface area contributed by atoms with Gasteiger partial charge in [-0.3, -0.25) is 13.9 Å². The van der Waals surface area contributed by atoms with Crippen LogP contribution in [0.3, 0.4) is 0 Å². The normalized spacial score (nSPS) is 14.5. The van der Waals surface area contributed by atoms with Crippen LogP contribution < -0.4 is 9.62 Å². The van der Waals surface area contributed by atoms with Crippen molar-refractivity contribution in [3.8, 4) is 0 Å². The molecular weight excluding hydrogens is 510 g/mol. The van der Waals surface area contributed by atoms with E-state index in [1.54, 1.807) is 30.3 Å². The topological polar surface area (TPSA) is 86.8 Å². The molecule has 39 heavy (non-hydrogen) atoms. The van der Waals surface area contributed by atoms with Gasteiger partial charge in [-0.25, -0.2) is 8.42 Å². The van der Waals surface area contributed by atoms with E-state index in [-0.39, 0.29) is 23.4 Å². The van der Waals surface area contributed by atoms with E-state index >= 15 is 0 Å². The number of hydrogen-bond donors (Lipinski definition) is 1. The van der Waals surface area contributed by atoms with Gasteiger partial charge >= 0.3 is 0 Å². The Balaban J connectivity index is 1.68. The second kappa shape index (κ2) is 12.9. The molecule has 0 aromatic heterocycles. The molecule has 1 atom stereocenters. The molecule has 3 aromatic carbocycles. The monoisotopic (exact) mass is 547 g/mol. The van der Waals surface area contributed by atoms with Crippen LogP contribution in [0.15, 0.2) is 89.8 Å². The van der Waals surface area contributed by atoms with Gasteiger partial charge in [-0.2, -0.15) is 0 Å². The molecule has 2 amide bonds. The summed E-state index contributed by atoms with van der Waals surface area (Å²) in [5.74, 6) is -0.631. The quantitative estimate of drug-likeness (QED) is 0.364. The van der Waals surface area contributed by atoms with Crippen LogP contribution in [0.1, 0.15) is 50.2 Å². The highest BCUT2D eigenvalue weighted by Crippen LogP contribution is 2.25. The van der Waals surface area contributed by atoms with Crippen LogP contribution in [-0.2, 0) is 26.2 Å². The van der Waals surface area contributed by atoms with Crippen molar-refractivity contribution in [2.45, 2.75) is 69.5 Å². The number of sulfonamides is 1. The molecule has 7 nitrogen and oxygen atoms in total. The van der Waals surface area contributed by atoms with E-state index in [4.69, 9.17) is 0 Å². The predicted molar refractivity (Wildman–Crippen MR) is 154 cm³/mol. The Morgan fingerprint density at radius 2 is 1.49 bits per heavy atom. The van der Waals surface area contributed by atoms with E-state index < -0.39 is 28.5 Å². The molecule has 1 aliphatic carbocycles. The molecule has 0 aliphatic heterocycles. The summed E-state index contributed by atoms with van der Waals surface area (Å²) in [6.45, 7) is 3.56. The lowest BCUT2D eigenvalue weighted by Gasteiger charge is -2.33. The van der Waals surface area contributed by atoms with E-state index in [1.807, 2.05) is 56.3 Å². The van der Waals surface area contributed by atoms with Crippen LogP contribution in [0.5, 0.6) is 0 Å².